The van der Waals surface area contributed by atoms with Gasteiger partial charge in [-0.05, 0) is 50.5 Å². The van der Waals surface area contributed by atoms with Crippen molar-refractivity contribution in [3.05, 3.63) is 47.6 Å². The summed E-state index contributed by atoms with van der Waals surface area (Å²) in [5.74, 6) is 1.59. The van der Waals surface area contributed by atoms with Crippen LogP contribution in [-0.4, -0.2) is 20.0 Å². The minimum absolute atomic E-state index is 0.537. The maximum absolute atomic E-state index is 10.4. The van der Waals surface area contributed by atoms with E-state index >= 15 is 0 Å². The summed E-state index contributed by atoms with van der Waals surface area (Å²) in [4.78, 5) is 10.4. The zero-order valence-corrected chi connectivity index (χ0v) is 12.4. The van der Waals surface area contributed by atoms with E-state index in [4.69, 9.17) is 9.47 Å². The molecule has 0 aromatic heterocycles. The van der Waals surface area contributed by atoms with Crippen molar-refractivity contribution in [3.63, 3.8) is 0 Å². The highest BCUT2D eigenvalue weighted by Crippen LogP contribution is 2.18. The van der Waals surface area contributed by atoms with Crippen molar-refractivity contribution in [2.45, 2.75) is 26.7 Å². The summed E-state index contributed by atoms with van der Waals surface area (Å²) in [6, 6.07) is 7.55. The SMILES string of the molecule is COc1cccc(OC/C=C(\C)CC/C=C(\C)C=O)c1. The molecule has 0 saturated carbocycles. The van der Waals surface area contributed by atoms with Crippen molar-refractivity contribution >= 4 is 6.29 Å². The molecule has 0 aliphatic rings. The van der Waals surface area contributed by atoms with Gasteiger partial charge in [-0.2, -0.15) is 0 Å². The van der Waals surface area contributed by atoms with Crippen molar-refractivity contribution in [2.24, 2.45) is 0 Å². The summed E-state index contributed by atoms with van der Waals surface area (Å²) in [7, 11) is 1.64. The maximum Gasteiger partial charge on any atom is 0.145 e. The lowest BCUT2D eigenvalue weighted by atomic mass is 10.1. The minimum Gasteiger partial charge on any atom is -0.497 e. The monoisotopic (exact) mass is 274 g/mol. The quantitative estimate of drug-likeness (QED) is 0.409. The summed E-state index contributed by atoms with van der Waals surface area (Å²) in [5.41, 5.74) is 2.04. The molecule has 1 rings (SSSR count). The van der Waals surface area contributed by atoms with E-state index in [1.807, 2.05) is 37.3 Å². The van der Waals surface area contributed by atoms with E-state index in [1.165, 1.54) is 5.57 Å². The van der Waals surface area contributed by atoms with Gasteiger partial charge in [-0.15, -0.1) is 0 Å². The molecule has 0 amide bonds. The highest BCUT2D eigenvalue weighted by molar-refractivity contribution is 5.71. The third-order valence-electron chi connectivity index (χ3n) is 2.91. The second kappa shape index (κ2) is 8.97. The van der Waals surface area contributed by atoms with Crippen molar-refractivity contribution < 1.29 is 14.3 Å². The first-order chi connectivity index (χ1) is 9.65. The molecule has 0 aliphatic heterocycles. The summed E-state index contributed by atoms with van der Waals surface area (Å²) in [6.07, 6.45) is 6.71. The Kier molecular flexibility index (Phi) is 7.18. The number of carbonyl (C=O) groups excluding carboxylic acids is 1. The van der Waals surface area contributed by atoms with Gasteiger partial charge in [0.05, 0.1) is 7.11 Å². The molecule has 3 nitrogen and oxygen atoms in total. The largest absolute Gasteiger partial charge is 0.497 e. The number of benzene rings is 1. The lowest BCUT2D eigenvalue weighted by Gasteiger charge is -2.06. The van der Waals surface area contributed by atoms with Gasteiger partial charge in [-0.3, -0.25) is 4.79 Å². The molecule has 108 valence electrons. The van der Waals surface area contributed by atoms with E-state index in [2.05, 4.69) is 13.0 Å². The van der Waals surface area contributed by atoms with E-state index in [0.29, 0.717) is 6.61 Å². The molecule has 0 bridgehead atoms. The Morgan fingerprint density at radius 1 is 1.20 bits per heavy atom. The highest BCUT2D eigenvalue weighted by Gasteiger charge is 1.96. The number of ether oxygens (including phenoxy) is 2. The topological polar surface area (TPSA) is 35.5 Å². The van der Waals surface area contributed by atoms with Gasteiger partial charge in [0.15, 0.2) is 0 Å². The zero-order valence-electron chi connectivity index (χ0n) is 12.4. The first kappa shape index (κ1) is 16.0. The molecular formula is C17H22O3. The average molecular weight is 274 g/mol. The summed E-state index contributed by atoms with van der Waals surface area (Å²) in [6.45, 7) is 4.42. The van der Waals surface area contributed by atoms with Gasteiger partial charge in [0.25, 0.3) is 0 Å². The van der Waals surface area contributed by atoms with Gasteiger partial charge < -0.3 is 9.47 Å². The normalized spacial score (nSPS) is 12.2. The Hall–Kier alpha value is -2.03. The van der Waals surface area contributed by atoms with Crippen molar-refractivity contribution in [2.75, 3.05) is 13.7 Å². The molecule has 1 aromatic carbocycles. The van der Waals surface area contributed by atoms with Crippen LogP contribution >= 0.6 is 0 Å². The standard InChI is InChI=1S/C17H22O3/c1-14(6-4-7-15(2)13-18)10-11-20-17-9-5-8-16(12-17)19-3/h5,7-10,12-13H,4,6,11H2,1-3H3/b14-10+,15-7+. The summed E-state index contributed by atoms with van der Waals surface area (Å²) < 4.78 is 10.8. The molecule has 1 aromatic rings. The van der Waals surface area contributed by atoms with Crippen molar-refractivity contribution in [1.82, 2.24) is 0 Å². The van der Waals surface area contributed by atoms with E-state index in [1.54, 1.807) is 7.11 Å². The molecule has 0 spiro atoms. The Balaban J connectivity index is 2.37. The lowest BCUT2D eigenvalue weighted by Crippen LogP contribution is -1.95. The van der Waals surface area contributed by atoms with Crippen LogP contribution in [0.4, 0.5) is 0 Å². The van der Waals surface area contributed by atoms with E-state index in [0.717, 1.165) is 36.2 Å². The molecule has 0 aliphatic carbocycles. The smallest absolute Gasteiger partial charge is 0.145 e. The molecular weight excluding hydrogens is 252 g/mol. The number of allylic oxidation sites excluding steroid dienone is 3. The minimum atomic E-state index is 0.537. The predicted molar refractivity (Wildman–Crippen MR) is 81.3 cm³/mol. The van der Waals surface area contributed by atoms with E-state index in [-0.39, 0.29) is 0 Å². The Labute approximate surface area is 120 Å². The fourth-order valence-electron chi connectivity index (χ4n) is 1.65. The first-order valence-electron chi connectivity index (χ1n) is 6.70. The van der Waals surface area contributed by atoms with Crippen LogP contribution in [0.1, 0.15) is 26.7 Å². The first-order valence-corrected chi connectivity index (χ1v) is 6.70. The van der Waals surface area contributed by atoms with Gasteiger partial charge in [-0.1, -0.05) is 17.7 Å². The van der Waals surface area contributed by atoms with Gasteiger partial charge in [0.2, 0.25) is 0 Å². The number of carbonyl (C=O) groups is 1. The van der Waals surface area contributed by atoms with Crippen molar-refractivity contribution in [3.8, 4) is 11.5 Å². The maximum atomic E-state index is 10.4. The number of hydrogen-bond donors (Lipinski definition) is 0. The van der Waals surface area contributed by atoms with Crippen LogP contribution in [0.2, 0.25) is 0 Å². The summed E-state index contributed by atoms with van der Waals surface area (Å²) >= 11 is 0. The predicted octanol–water partition coefficient (Wildman–Crippen LogP) is 3.95. The fourth-order valence-corrected chi connectivity index (χ4v) is 1.65. The molecule has 0 fully saturated rings. The van der Waals surface area contributed by atoms with Gasteiger partial charge in [-0.25, -0.2) is 0 Å². The Morgan fingerprint density at radius 2 is 1.95 bits per heavy atom. The second-order valence-corrected chi connectivity index (χ2v) is 4.65. The van der Waals surface area contributed by atoms with Crippen LogP contribution in [0.3, 0.4) is 0 Å². The van der Waals surface area contributed by atoms with Gasteiger partial charge >= 0.3 is 0 Å². The molecule has 0 saturated heterocycles. The van der Waals surface area contributed by atoms with Crippen LogP contribution in [-0.2, 0) is 4.79 Å². The number of aldehydes is 1. The Morgan fingerprint density at radius 3 is 2.65 bits per heavy atom. The summed E-state index contributed by atoms with van der Waals surface area (Å²) in [5, 5.41) is 0. The van der Waals surface area contributed by atoms with Crippen molar-refractivity contribution in [1.29, 1.82) is 0 Å². The third-order valence-corrected chi connectivity index (χ3v) is 2.91. The zero-order chi connectivity index (χ0) is 14.8. The van der Waals surface area contributed by atoms with Gasteiger partial charge in [0.1, 0.15) is 24.4 Å². The van der Waals surface area contributed by atoms with Crippen LogP contribution in [0.5, 0.6) is 11.5 Å². The average Bonchev–Trinajstić information content (AvgIpc) is 2.47. The molecule has 3 heteroatoms. The van der Waals surface area contributed by atoms with Crippen LogP contribution in [0, 0.1) is 0 Å². The van der Waals surface area contributed by atoms with Crippen LogP contribution in [0.25, 0.3) is 0 Å². The van der Waals surface area contributed by atoms with Crippen LogP contribution in [0.15, 0.2) is 47.6 Å². The molecule has 0 heterocycles. The highest BCUT2D eigenvalue weighted by atomic mass is 16.5. The number of rotatable bonds is 8. The molecule has 20 heavy (non-hydrogen) atoms. The van der Waals surface area contributed by atoms with Gasteiger partial charge in [0, 0.05) is 6.07 Å². The molecule has 0 N–H and O–H groups in total. The number of hydrogen-bond acceptors (Lipinski definition) is 3. The van der Waals surface area contributed by atoms with E-state index in [9.17, 15) is 4.79 Å². The fraction of sp³-hybridized carbons (Fsp3) is 0.353. The second-order valence-electron chi connectivity index (χ2n) is 4.65. The Bertz CT molecular complexity index is 487. The molecule has 0 atom stereocenters. The molecule has 0 radical (unpaired) electrons. The number of methoxy groups -OCH3 is 1. The van der Waals surface area contributed by atoms with E-state index < -0.39 is 0 Å². The van der Waals surface area contributed by atoms with Crippen LogP contribution < -0.4 is 9.47 Å². The third kappa shape index (κ3) is 6.23. The lowest BCUT2D eigenvalue weighted by molar-refractivity contribution is -0.104. The molecule has 0 unspecified atom stereocenters.